The van der Waals surface area contributed by atoms with Crippen molar-refractivity contribution >= 4 is 0 Å². The van der Waals surface area contributed by atoms with Gasteiger partial charge in [0.1, 0.15) is 0 Å². The molecule has 2 heteroatoms. The zero-order valence-corrected chi connectivity index (χ0v) is 12.9. The average Bonchev–Trinajstić information content (AvgIpc) is 2.42. The second-order valence-electron chi connectivity index (χ2n) is 5.42. The van der Waals surface area contributed by atoms with Gasteiger partial charge in [-0.05, 0) is 37.8 Å². The molecule has 0 amide bonds. The molecule has 0 aliphatic carbocycles. The van der Waals surface area contributed by atoms with E-state index in [4.69, 9.17) is 4.74 Å². The Bertz CT molecular complexity index is 323. The quantitative estimate of drug-likeness (QED) is 0.721. The summed E-state index contributed by atoms with van der Waals surface area (Å²) in [6.45, 7) is 10.5. The van der Waals surface area contributed by atoms with Gasteiger partial charge >= 0.3 is 0 Å². The summed E-state index contributed by atoms with van der Waals surface area (Å²) in [4.78, 5) is 0. The monoisotopic (exact) mass is 263 g/mol. The maximum atomic E-state index is 6.01. The van der Waals surface area contributed by atoms with Gasteiger partial charge in [0.2, 0.25) is 0 Å². The maximum Gasteiger partial charge on any atom is 0.0977 e. The van der Waals surface area contributed by atoms with E-state index < -0.39 is 0 Å². The fraction of sp³-hybridized carbons (Fsp3) is 0.647. The molecule has 0 aromatic heterocycles. The van der Waals surface area contributed by atoms with Crippen LogP contribution in [0.5, 0.6) is 0 Å². The molecule has 19 heavy (non-hydrogen) atoms. The third kappa shape index (κ3) is 5.75. The molecule has 108 valence electrons. The van der Waals surface area contributed by atoms with Crippen LogP contribution in [0, 0.1) is 5.92 Å². The lowest BCUT2D eigenvalue weighted by Crippen LogP contribution is -2.36. The van der Waals surface area contributed by atoms with Crippen molar-refractivity contribution in [1.29, 1.82) is 0 Å². The number of rotatable bonds is 9. The predicted octanol–water partition coefficient (Wildman–Crippen LogP) is 4.18. The SMILES string of the molecule is CCNC(CCC(C)C)C(OCC)c1ccccc1. The highest BCUT2D eigenvalue weighted by Gasteiger charge is 2.22. The highest BCUT2D eigenvalue weighted by Crippen LogP contribution is 2.25. The normalized spacial score (nSPS) is 14.6. The van der Waals surface area contributed by atoms with Crippen LogP contribution in [0.1, 0.15) is 52.2 Å². The van der Waals surface area contributed by atoms with Crippen LogP contribution >= 0.6 is 0 Å². The highest BCUT2D eigenvalue weighted by atomic mass is 16.5. The minimum atomic E-state index is 0.157. The fourth-order valence-corrected chi connectivity index (χ4v) is 2.40. The van der Waals surface area contributed by atoms with Crippen LogP contribution in [0.15, 0.2) is 30.3 Å². The van der Waals surface area contributed by atoms with Crippen LogP contribution in [0.4, 0.5) is 0 Å². The summed E-state index contributed by atoms with van der Waals surface area (Å²) in [6.07, 6.45) is 2.55. The van der Waals surface area contributed by atoms with E-state index in [9.17, 15) is 0 Å². The Hall–Kier alpha value is -0.860. The van der Waals surface area contributed by atoms with E-state index in [-0.39, 0.29) is 6.10 Å². The second-order valence-corrected chi connectivity index (χ2v) is 5.42. The zero-order chi connectivity index (χ0) is 14.1. The smallest absolute Gasteiger partial charge is 0.0977 e. The molecule has 2 nitrogen and oxygen atoms in total. The van der Waals surface area contributed by atoms with Gasteiger partial charge in [-0.15, -0.1) is 0 Å². The van der Waals surface area contributed by atoms with Crippen molar-refractivity contribution in [3.63, 3.8) is 0 Å². The Morgan fingerprint density at radius 3 is 2.26 bits per heavy atom. The second kappa shape index (κ2) is 9.11. The van der Waals surface area contributed by atoms with Crippen molar-refractivity contribution in [2.75, 3.05) is 13.2 Å². The maximum absolute atomic E-state index is 6.01. The number of nitrogens with one attached hydrogen (secondary N) is 1. The van der Waals surface area contributed by atoms with E-state index in [1.165, 1.54) is 12.0 Å². The topological polar surface area (TPSA) is 21.3 Å². The summed E-state index contributed by atoms with van der Waals surface area (Å²) in [5, 5.41) is 3.60. The number of ether oxygens (including phenoxy) is 1. The molecule has 0 fully saturated rings. The molecule has 0 radical (unpaired) electrons. The first kappa shape index (κ1) is 16.2. The standard InChI is InChI=1S/C17H29NO/c1-5-18-16(13-12-14(3)4)17(19-6-2)15-10-8-7-9-11-15/h7-11,14,16-18H,5-6,12-13H2,1-4H3. The van der Waals surface area contributed by atoms with Crippen molar-refractivity contribution < 1.29 is 4.74 Å². The molecule has 0 aliphatic rings. The minimum Gasteiger partial charge on any atom is -0.372 e. The van der Waals surface area contributed by atoms with Crippen LogP contribution in [0.2, 0.25) is 0 Å². The molecule has 1 aromatic carbocycles. The molecule has 1 aromatic rings. The first-order valence-electron chi connectivity index (χ1n) is 7.58. The van der Waals surface area contributed by atoms with Crippen molar-refractivity contribution in [2.24, 2.45) is 5.92 Å². The molecule has 1 N–H and O–H groups in total. The average molecular weight is 263 g/mol. The van der Waals surface area contributed by atoms with Crippen LogP contribution in [0.25, 0.3) is 0 Å². The Balaban J connectivity index is 2.79. The Morgan fingerprint density at radius 2 is 1.74 bits per heavy atom. The van der Waals surface area contributed by atoms with Crippen LogP contribution in [0.3, 0.4) is 0 Å². The van der Waals surface area contributed by atoms with E-state index in [2.05, 4.69) is 63.3 Å². The van der Waals surface area contributed by atoms with Gasteiger partial charge < -0.3 is 10.1 Å². The van der Waals surface area contributed by atoms with Gasteiger partial charge in [-0.2, -0.15) is 0 Å². The Kier molecular flexibility index (Phi) is 7.76. The zero-order valence-electron chi connectivity index (χ0n) is 12.9. The van der Waals surface area contributed by atoms with Gasteiger partial charge in [0.25, 0.3) is 0 Å². The number of hydrogen-bond acceptors (Lipinski definition) is 2. The Morgan fingerprint density at radius 1 is 1.05 bits per heavy atom. The molecule has 0 spiro atoms. The molecule has 0 aliphatic heterocycles. The number of likely N-dealkylation sites (N-methyl/N-ethyl adjacent to an activating group) is 1. The van der Waals surface area contributed by atoms with E-state index in [0.717, 1.165) is 25.5 Å². The van der Waals surface area contributed by atoms with E-state index in [1.807, 2.05) is 0 Å². The van der Waals surface area contributed by atoms with Gasteiger partial charge in [-0.1, -0.05) is 51.1 Å². The first-order valence-corrected chi connectivity index (χ1v) is 7.58. The minimum absolute atomic E-state index is 0.157. The molecule has 2 unspecified atom stereocenters. The molecule has 2 atom stereocenters. The molecule has 1 rings (SSSR count). The fourth-order valence-electron chi connectivity index (χ4n) is 2.40. The summed E-state index contributed by atoms with van der Waals surface area (Å²) >= 11 is 0. The number of benzene rings is 1. The molecular weight excluding hydrogens is 234 g/mol. The number of hydrogen-bond donors (Lipinski definition) is 1. The molecule has 0 heterocycles. The van der Waals surface area contributed by atoms with E-state index in [1.54, 1.807) is 0 Å². The van der Waals surface area contributed by atoms with Gasteiger partial charge in [0.05, 0.1) is 6.10 Å². The van der Waals surface area contributed by atoms with Crippen molar-refractivity contribution in [3.05, 3.63) is 35.9 Å². The summed E-state index contributed by atoms with van der Waals surface area (Å²) in [5.74, 6) is 0.735. The van der Waals surface area contributed by atoms with E-state index in [0.29, 0.717) is 6.04 Å². The lowest BCUT2D eigenvalue weighted by molar-refractivity contribution is 0.0299. The van der Waals surface area contributed by atoms with E-state index >= 15 is 0 Å². The molecule has 0 bridgehead atoms. The third-order valence-corrected chi connectivity index (χ3v) is 3.36. The van der Waals surface area contributed by atoms with Crippen molar-refractivity contribution in [1.82, 2.24) is 5.32 Å². The first-order chi connectivity index (χ1) is 9.19. The molecule has 0 saturated carbocycles. The summed E-state index contributed by atoms with van der Waals surface area (Å²) < 4.78 is 6.01. The van der Waals surface area contributed by atoms with Gasteiger partial charge in [-0.3, -0.25) is 0 Å². The van der Waals surface area contributed by atoms with Crippen LogP contribution < -0.4 is 5.32 Å². The Labute approximate surface area is 118 Å². The third-order valence-electron chi connectivity index (χ3n) is 3.36. The highest BCUT2D eigenvalue weighted by molar-refractivity contribution is 5.19. The van der Waals surface area contributed by atoms with Gasteiger partial charge in [0.15, 0.2) is 0 Å². The summed E-state index contributed by atoms with van der Waals surface area (Å²) in [6, 6.07) is 11.0. The van der Waals surface area contributed by atoms with Crippen LogP contribution in [-0.4, -0.2) is 19.2 Å². The lowest BCUT2D eigenvalue weighted by Gasteiger charge is -2.28. The molecular formula is C17H29NO. The van der Waals surface area contributed by atoms with Gasteiger partial charge in [-0.25, -0.2) is 0 Å². The summed E-state index contributed by atoms with van der Waals surface area (Å²) in [5.41, 5.74) is 1.28. The largest absolute Gasteiger partial charge is 0.372 e. The van der Waals surface area contributed by atoms with Crippen LogP contribution in [-0.2, 0) is 4.74 Å². The predicted molar refractivity (Wildman–Crippen MR) is 82.3 cm³/mol. The van der Waals surface area contributed by atoms with Crippen molar-refractivity contribution in [2.45, 2.75) is 52.7 Å². The lowest BCUT2D eigenvalue weighted by atomic mass is 9.95. The van der Waals surface area contributed by atoms with Crippen molar-refractivity contribution in [3.8, 4) is 0 Å². The summed E-state index contributed by atoms with van der Waals surface area (Å²) in [7, 11) is 0. The molecule has 0 saturated heterocycles. The van der Waals surface area contributed by atoms with Gasteiger partial charge in [0, 0.05) is 12.6 Å².